The van der Waals surface area contributed by atoms with E-state index in [0.717, 1.165) is 6.26 Å². The molecule has 0 bridgehead atoms. The van der Waals surface area contributed by atoms with E-state index in [1.807, 2.05) is 0 Å². The first-order valence-corrected chi connectivity index (χ1v) is 8.10. The highest BCUT2D eigenvalue weighted by Crippen LogP contribution is 2.24. The minimum absolute atomic E-state index is 0.120. The van der Waals surface area contributed by atoms with Crippen LogP contribution in [0.25, 0.3) is 0 Å². The van der Waals surface area contributed by atoms with E-state index in [1.165, 1.54) is 9.21 Å². The topological polar surface area (TPSA) is 95.0 Å². The zero-order valence-electron chi connectivity index (χ0n) is 10.8. The van der Waals surface area contributed by atoms with Crippen molar-refractivity contribution in [3.8, 4) is 0 Å². The number of hydrogen-bond donors (Lipinski definition) is 1. The Labute approximate surface area is 112 Å². The number of sulfonamides is 1. The van der Waals surface area contributed by atoms with Gasteiger partial charge in [-0.3, -0.25) is 9.59 Å². The zero-order chi connectivity index (χ0) is 14.2. The van der Waals surface area contributed by atoms with E-state index in [4.69, 9.17) is 5.11 Å². The van der Waals surface area contributed by atoms with Gasteiger partial charge in [-0.15, -0.1) is 0 Å². The van der Waals surface area contributed by atoms with Crippen molar-refractivity contribution in [2.24, 2.45) is 11.8 Å². The second-order valence-corrected chi connectivity index (χ2v) is 7.22. The molecule has 0 aromatic carbocycles. The minimum atomic E-state index is -3.26. The molecule has 1 N–H and O–H groups in total. The molecule has 1 unspecified atom stereocenters. The Bertz CT molecular complexity index is 483. The molecule has 2 aliphatic heterocycles. The fourth-order valence-electron chi connectivity index (χ4n) is 2.52. The molecule has 7 nitrogen and oxygen atoms in total. The number of carbonyl (C=O) groups is 2. The van der Waals surface area contributed by atoms with E-state index in [9.17, 15) is 18.0 Å². The Balaban J connectivity index is 1.92. The number of piperidine rings is 1. The largest absolute Gasteiger partial charge is 0.481 e. The van der Waals surface area contributed by atoms with Crippen LogP contribution in [0.4, 0.5) is 0 Å². The summed E-state index contributed by atoms with van der Waals surface area (Å²) in [6, 6.07) is 0. The van der Waals surface area contributed by atoms with Crippen LogP contribution >= 0.6 is 0 Å². The zero-order valence-corrected chi connectivity index (χ0v) is 11.6. The summed E-state index contributed by atoms with van der Waals surface area (Å²) in [5.41, 5.74) is 0. The van der Waals surface area contributed by atoms with Crippen molar-refractivity contribution in [1.82, 2.24) is 9.21 Å². The van der Waals surface area contributed by atoms with Crippen LogP contribution in [0.5, 0.6) is 0 Å². The molecule has 1 atom stereocenters. The molecule has 2 aliphatic rings. The SMILES string of the molecule is CS(=O)(=O)N1CCCC(C(=O)N2CC(C(=O)O)C2)C1. The average Bonchev–Trinajstić information content (AvgIpc) is 2.25. The maximum absolute atomic E-state index is 12.1. The Morgan fingerprint density at radius 1 is 1.16 bits per heavy atom. The van der Waals surface area contributed by atoms with Gasteiger partial charge in [0, 0.05) is 26.2 Å². The third-order valence-electron chi connectivity index (χ3n) is 3.74. The maximum atomic E-state index is 12.1. The summed E-state index contributed by atoms with van der Waals surface area (Å²) < 4.78 is 24.3. The molecule has 2 fully saturated rings. The Hall–Kier alpha value is -1.15. The Morgan fingerprint density at radius 3 is 2.32 bits per heavy atom. The lowest BCUT2D eigenvalue weighted by Gasteiger charge is -2.40. The van der Waals surface area contributed by atoms with Crippen molar-refractivity contribution in [3.63, 3.8) is 0 Å². The number of rotatable bonds is 3. The number of carboxylic acid groups (broad SMARTS) is 1. The summed E-state index contributed by atoms with van der Waals surface area (Å²) in [6.45, 7) is 1.15. The standard InChI is InChI=1S/C11H18N2O5S/c1-19(17,18)13-4-2-3-8(7-13)10(14)12-5-9(6-12)11(15)16/h8-9H,2-7H2,1H3,(H,15,16). The van der Waals surface area contributed by atoms with E-state index in [-0.39, 0.29) is 31.5 Å². The van der Waals surface area contributed by atoms with E-state index in [0.29, 0.717) is 19.4 Å². The normalized spacial score (nSPS) is 25.9. The van der Waals surface area contributed by atoms with Crippen LogP contribution in [0.15, 0.2) is 0 Å². The molecular weight excluding hydrogens is 272 g/mol. The highest BCUT2D eigenvalue weighted by Gasteiger charge is 2.40. The van der Waals surface area contributed by atoms with Crippen LogP contribution in [-0.4, -0.2) is 67.0 Å². The predicted molar refractivity (Wildman–Crippen MR) is 66.8 cm³/mol. The lowest BCUT2D eigenvalue weighted by Crippen LogP contribution is -2.56. The van der Waals surface area contributed by atoms with E-state index in [1.54, 1.807) is 0 Å². The quantitative estimate of drug-likeness (QED) is 0.734. The number of nitrogens with zero attached hydrogens (tertiary/aromatic N) is 2. The first-order chi connectivity index (χ1) is 8.79. The molecule has 0 aromatic heterocycles. The summed E-state index contributed by atoms with van der Waals surface area (Å²) in [5, 5.41) is 8.77. The monoisotopic (exact) mass is 290 g/mol. The first kappa shape index (κ1) is 14.3. The molecule has 2 saturated heterocycles. The van der Waals surface area contributed by atoms with Gasteiger partial charge in [-0.2, -0.15) is 0 Å². The van der Waals surface area contributed by atoms with Crippen LogP contribution in [0.2, 0.25) is 0 Å². The molecule has 0 radical (unpaired) electrons. The molecule has 2 rings (SSSR count). The summed E-state index contributed by atoms with van der Waals surface area (Å²) in [6.07, 6.45) is 2.47. The highest BCUT2D eigenvalue weighted by atomic mass is 32.2. The minimum Gasteiger partial charge on any atom is -0.481 e. The third-order valence-corrected chi connectivity index (χ3v) is 5.01. The highest BCUT2D eigenvalue weighted by molar-refractivity contribution is 7.88. The molecule has 108 valence electrons. The fraction of sp³-hybridized carbons (Fsp3) is 0.818. The van der Waals surface area contributed by atoms with Gasteiger partial charge < -0.3 is 10.0 Å². The number of amides is 1. The van der Waals surface area contributed by atoms with Gasteiger partial charge >= 0.3 is 5.97 Å². The molecule has 2 heterocycles. The van der Waals surface area contributed by atoms with Crippen molar-refractivity contribution in [2.75, 3.05) is 32.4 Å². The lowest BCUT2D eigenvalue weighted by atomic mass is 9.93. The van der Waals surface area contributed by atoms with Crippen molar-refractivity contribution >= 4 is 21.9 Å². The van der Waals surface area contributed by atoms with E-state index >= 15 is 0 Å². The van der Waals surface area contributed by atoms with Crippen LogP contribution in [0.3, 0.4) is 0 Å². The number of hydrogen-bond acceptors (Lipinski definition) is 4. The summed E-state index contributed by atoms with van der Waals surface area (Å²) in [4.78, 5) is 24.3. The van der Waals surface area contributed by atoms with Crippen molar-refractivity contribution in [3.05, 3.63) is 0 Å². The van der Waals surface area contributed by atoms with Gasteiger partial charge in [0.25, 0.3) is 0 Å². The molecule has 19 heavy (non-hydrogen) atoms. The van der Waals surface area contributed by atoms with Gasteiger partial charge in [0.15, 0.2) is 0 Å². The van der Waals surface area contributed by atoms with Gasteiger partial charge in [0.05, 0.1) is 18.1 Å². The molecule has 0 aliphatic carbocycles. The smallest absolute Gasteiger partial charge is 0.310 e. The van der Waals surface area contributed by atoms with Crippen LogP contribution in [0.1, 0.15) is 12.8 Å². The van der Waals surface area contributed by atoms with Gasteiger partial charge in [-0.05, 0) is 12.8 Å². The molecule has 0 spiro atoms. The maximum Gasteiger partial charge on any atom is 0.310 e. The lowest BCUT2D eigenvalue weighted by molar-refractivity contribution is -0.155. The van der Waals surface area contributed by atoms with E-state index in [2.05, 4.69) is 0 Å². The summed E-state index contributed by atoms with van der Waals surface area (Å²) in [7, 11) is -3.26. The number of aliphatic carboxylic acids is 1. The molecule has 1 amide bonds. The summed E-state index contributed by atoms with van der Waals surface area (Å²) in [5.74, 6) is -1.81. The van der Waals surface area contributed by atoms with E-state index < -0.39 is 21.9 Å². The Morgan fingerprint density at radius 2 is 1.79 bits per heavy atom. The van der Waals surface area contributed by atoms with Crippen molar-refractivity contribution in [1.29, 1.82) is 0 Å². The van der Waals surface area contributed by atoms with Gasteiger partial charge in [0.1, 0.15) is 0 Å². The van der Waals surface area contributed by atoms with Crippen LogP contribution < -0.4 is 0 Å². The van der Waals surface area contributed by atoms with Crippen molar-refractivity contribution in [2.45, 2.75) is 12.8 Å². The van der Waals surface area contributed by atoms with Gasteiger partial charge in [-0.25, -0.2) is 12.7 Å². The number of likely N-dealkylation sites (tertiary alicyclic amines) is 1. The second-order valence-electron chi connectivity index (χ2n) is 5.24. The molecule has 8 heteroatoms. The predicted octanol–water partition coefficient (Wildman–Crippen LogP) is -0.799. The van der Waals surface area contributed by atoms with Crippen LogP contribution in [0, 0.1) is 11.8 Å². The summed E-state index contributed by atoms with van der Waals surface area (Å²) >= 11 is 0. The fourth-order valence-corrected chi connectivity index (χ4v) is 3.43. The second kappa shape index (κ2) is 5.09. The number of carbonyl (C=O) groups excluding carboxylic acids is 1. The third kappa shape index (κ3) is 3.06. The van der Waals surface area contributed by atoms with Gasteiger partial charge in [-0.1, -0.05) is 0 Å². The van der Waals surface area contributed by atoms with Crippen LogP contribution in [-0.2, 0) is 19.6 Å². The van der Waals surface area contributed by atoms with Gasteiger partial charge in [0.2, 0.25) is 15.9 Å². The molecule has 0 aromatic rings. The Kier molecular flexibility index (Phi) is 3.82. The van der Waals surface area contributed by atoms with Crippen molar-refractivity contribution < 1.29 is 23.1 Å². The number of carboxylic acids is 1. The molecule has 0 saturated carbocycles. The molecular formula is C11H18N2O5S. The average molecular weight is 290 g/mol. The first-order valence-electron chi connectivity index (χ1n) is 6.25.